The Balaban J connectivity index is 2.64. The van der Waals surface area contributed by atoms with Crippen LogP contribution in [0.25, 0.3) is 5.69 Å². The number of carbonyl (C=O) groups is 1. The second-order valence-corrected chi connectivity index (χ2v) is 5.46. The topological polar surface area (TPSA) is 61.2 Å². The first kappa shape index (κ1) is 15.7. The number of aromatic nitrogens is 2. The van der Waals surface area contributed by atoms with Gasteiger partial charge < -0.3 is 4.74 Å². The first-order chi connectivity index (χ1) is 10.1. The van der Waals surface area contributed by atoms with Gasteiger partial charge in [-0.25, -0.2) is 9.48 Å². The molecular formula is C15H15IN2O3. The maximum absolute atomic E-state index is 12.2. The fourth-order valence-electron chi connectivity index (χ4n) is 1.89. The van der Waals surface area contributed by atoms with Gasteiger partial charge in [0.1, 0.15) is 0 Å². The number of ether oxygens (including phenoxy) is 1. The Morgan fingerprint density at radius 1 is 1.33 bits per heavy atom. The van der Waals surface area contributed by atoms with Crippen molar-refractivity contribution in [2.75, 3.05) is 6.61 Å². The van der Waals surface area contributed by atoms with E-state index in [1.807, 2.05) is 31.2 Å². The Kier molecular flexibility index (Phi) is 5.11. The van der Waals surface area contributed by atoms with Crippen LogP contribution in [0.3, 0.4) is 0 Å². The maximum Gasteiger partial charge on any atom is 0.362 e. The molecule has 2 rings (SSSR count). The van der Waals surface area contributed by atoms with Crippen molar-refractivity contribution in [2.45, 2.75) is 20.3 Å². The van der Waals surface area contributed by atoms with Crippen molar-refractivity contribution in [3.05, 3.63) is 55.5 Å². The number of hydrogen-bond acceptors (Lipinski definition) is 4. The largest absolute Gasteiger partial charge is 0.461 e. The van der Waals surface area contributed by atoms with E-state index in [2.05, 4.69) is 27.7 Å². The molecule has 1 aromatic carbocycles. The number of nitrogens with zero attached hydrogens (tertiary/aromatic N) is 2. The summed E-state index contributed by atoms with van der Waals surface area (Å²) in [5.74, 6) is -0.683. The van der Waals surface area contributed by atoms with Crippen LogP contribution in [0.15, 0.2) is 35.3 Å². The highest BCUT2D eigenvalue weighted by atomic mass is 127. The average molecular weight is 398 g/mol. The summed E-state index contributed by atoms with van der Waals surface area (Å²) in [5.41, 5.74) is 0.819. The van der Waals surface area contributed by atoms with Crippen molar-refractivity contribution >= 4 is 28.6 Å². The first-order valence-electron chi connectivity index (χ1n) is 6.63. The summed E-state index contributed by atoms with van der Waals surface area (Å²) in [4.78, 5) is 24.1. The molecule has 0 atom stereocenters. The lowest BCUT2D eigenvalue weighted by Crippen LogP contribution is -2.26. The highest BCUT2D eigenvalue weighted by Crippen LogP contribution is 2.15. The molecule has 0 aliphatic heterocycles. The third-order valence-corrected chi connectivity index (χ3v) is 3.85. The number of halogens is 1. The van der Waals surface area contributed by atoms with Gasteiger partial charge in [-0.05, 0) is 48.1 Å². The Morgan fingerprint density at radius 3 is 2.67 bits per heavy atom. The molecule has 0 aliphatic rings. The molecule has 110 valence electrons. The standard InChI is InChI=1S/C15H15IN2O3/c1-3-10-9-18(12-8-6-5-7-11(12)16)17-13(14(10)19)15(20)21-4-2/h5-9H,3-4H2,1-2H3. The van der Waals surface area contributed by atoms with Crippen LogP contribution >= 0.6 is 22.6 Å². The van der Waals surface area contributed by atoms with Crippen LogP contribution in [0, 0.1) is 3.57 Å². The summed E-state index contributed by atoms with van der Waals surface area (Å²) < 4.78 is 7.45. The lowest BCUT2D eigenvalue weighted by molar-refractivity contribution is 0.0515. The number of carbonyl (C=O) groups excluding carboxylic acids is 1. The van der Waals surface area contributed by atoms with Crippen LogP contribution in [0.5, 0.6) is 0 Å². The minimum absolute atomic E-state index is 0.171. The molecule has 0 radical (unpaired) electrons. The van der Waals surface area contributed by atoms with E-state index in [4.69, 9.17) is 4.74 Å². The number of benzene rings is 1. The zero-order valence-electron chi connectivity index (χ0n) is 11.8. The van der Waals surface area contributed by atoms with E-state index >= 15 is 0 Å². The molecule has 0 aliphatic carbocycles. The molecule has 0 unspecified atom stereocenters. The maximum atomic E-state index is 12.2. The molecule has 21 heavy (non-hydrogen) atoms. The second-order valence-electron chi connectivity index (χ2n) is 4.30. The van der Waals surface area contributed by atoms with Gasteiger partial charge in [0, 0.05) is 15.3 Å². The third-order valence-electron chi connectivity index (χ3n) is 2.94. The van der Waals surface area contributed by atoms with Gasteiger partial charge in [-0.3, -0.25) is 4.79 Å². The van der Waals surface area contributed by atoms with Gasteiger partial charge in [0.05, 0.1) is 12.3 Å². The number of rotatable bonds is 4. The predicted molar refractivity (Wildman–Crippen MR) is 87.9 cm³/mol. The van der Waals surface area contributed by atoms with Crippen LogP contribution in [0.1, 0.15) is 29.9 Å². The van der Waals surface area contributed by atoms with E-state index in [1.165, 1.54) is 0 Å². The van der Waals surface area contributed by atoms with Gasteiger partial charge in [0.2, 0.25) is 11.1 Å². The SMILES string of the molecule is CCOC(=O)c1nn(-c2ccccc2I)cc(CC)c1=O. The fraction of sp³-hybridized carbons (Fsp3) is 0.267. The smallest absolute Gasteiger partial charge is 0.362 e. The van der Waals surface area contributed by atoms with Gasteiger partial charge in [-0.2, -0.15) is 5.10 Å². The Hall–Kier alpha value is -1.70. The Bertz CT molecular complexity index is 725. The van der Waals surface area contributed by atoms with Gasteiger partial charge in [0.25, 0.3) is 0 Å². The summed E-state index contributed by atoms with van der Waals surface area (Å²) in [6.45, 7) is 3.77. The van der Waals surface area contributed by atoms with Crippen LogP contribution < -0.4 is 5.43 Å². The average Bonchev–Trinajstić information content (AvgIpc) is 2.48. The minimum Gasteiger partial charge on any atom is -0.461 e. The summed E-state index contributed by atoms with van der Waals surface area (Å²) in [6, 6.07) is 7.62. The van der Waals surface area contributed by atoms with E-state index in [-0.39, 0.29) is 17.7 Å². The number of para-hydroxylation sites is 1. The Morgan fingerprint density at radius 2 is 2.05 bits per heavy atom. The summed E-state index contributed by atoms with van der Waals surface area (Å²) in [5, 5.41) is 4.16. The normalized spacial score (nSPS) is 10.4. The molecule has 0 bridgehead atoms. The van der Waals surface area contributed by atoms with E-state index in [1.54, 1.807) is 17.8 Å². The fourth-order valence-corrected chi connectivity index (χ4v) is 2.52. The first-order valence-corrected chi connectivity index (χ1v) is 7.71. The molecular weight excluding hydrogens is 383 g/mol. The van der Waals surface area contributed by atoms with Gasteiger partial charge in [-0.15, -0.1) is 0 Å². The molecule has 2 aromatic rings. The monoisotopic (exact) mass is 398 g/mol. The molecule has 6 heteroatoms. The van der Waals surface area contributed by atoms with Crippen molar-refractivity contribution in [3.63, 3.8) is 0 Å². The van der Waals surface area contributed by atoms with Gasteiger partial charge >= 0.3 is 5.97 Å². The Labute approximate surface area is 136 Å². The lowest BCUT2D eigenvalue weighted by atomic mass is 10.2. The molecule has 0 spiro atoms. The van der Waals surface area contributed by atoms with Crippen molar-refractivity contribution in [1.82, 2.24) is 9.78 Å². The quantitative estimate of drug-likeness (QED) is 0.587. The summed E-state index contributed by atoms with van der Waals surface area (Å²) in [7, 11) is 0. The van der Waals surface area contributed by atoms with Crippen LogP contribution in [0.4, 0.5) is 0 Å². The zero-order valence-corrected chi connectivity index (χ0v) is 14.0. The molecule has 0 fully saturated rings. The van der Waals surface area contributed by atoms with Crippen molar-refractivity contribution in [3.8, 4) is 5.69 Å². The van der Waals surface area contributed by atoms with Crippen LogP contribution in [-0.2, 0) is 11.2 Å². The second kappa shape index (κ2) is 6.84. The zero-order chi connectivity index (χ0) is 15.4. The number of esters is 1. The van der Waals surface area contributed by atoms with Crippen molar-refractivity contribution < 1.29 is 9.53 Å². The van der Waals surface area contributed by atoms with E-state index in [9.17, 15) is 9.59 Å². The summed E-state index contributed by atoms with van der Waals surface area (Å²) >= 11 is 2.19. The van der Waals surface area contributed by atoms with E-state index < -0.39 is 5.97 Å². The molecule has 1 heterocycles. The molecule has 0 saturated heterocycles. The molecule has 5 nitrogen and oxygen atoms in total. The van der Waals surface area contributed by atoms with Crippen molar-refractivity contribution in [2.24, 2.45) is 0 Å². The van der Waals surface area contributed by atoms with E-state index in [0.29, 0.717) is 12.0 Å². The van der Waals surface area contributed by atoms with Gasteiger partial charge in [0.15, 0.2) is 0 Å². The molecule has 0 N–H and O–H groups in total. The molecule has 0 amide bonds. The minimum atomic E-state index is -0.683. The van der Waals surface area contributed by atoms with Crippen molar-refractivity contribution in [1.29, 1.82) is 0 Å². The highest BCUT2D eigenvalue weighted by Gasteiger charge is 2.18. The molecule has 1 aromatic heterocycles. The number of hydrogen-bond donors (Lipinski definition) is 0. The van der Waals surface area contributed by atoms with E-state index in [0.717, 1.165) is 9.26 Å². The highest BCUT2D eigenvalue weighted by molar-refractivity contribution is 14.1. The third kappa shape index (κ3) is 3.31. The number of aryl methyl sites for hydroxylation is 1. The summed E-state index contributed by atoms with van der Waals surface area (Å²) in [6.07, 6.45) is 2.19. The van der Waals surface area contributed by atoms with Crippen LogP contribution in [0.2, 0.25) is 0 Å². The predicted octanol–water partition coefficient (Wildman–Crippen LogP) is 2.58. The van der Waals surface area contributed by atoms with Crippen LogP contribution in [-0.4, -0.2) is 22.4 Å². The lowest BCUT2D eigenvalue weighted by Gasteiger charge is -2.11. The molecule has 0 saturated carbocycles. The van der Waals surface area contributed by atoms with Gasteiger partial charge in [-0.1, -0.05) is 19.1 Å².